The maximum absolute atomic E-state index is 11.6. The van der Waals surface area contributed by atoms with Gasteiger partial charge in [0.05, 0.1) is 12.7 Å². The molecule has 0 aliphatic rings. The fourth-order valence-corrected chi connectivity index (χ4v) is 2.45. The van der Waals surface area contributed by atoms with Crippen LogP contribution in [0.25, 0.3) is 0 Å². The molecule has 1 rings (SSSR count). The van der Waals surface area contributed by atoms with E-state index in [1.807, 2.05) is 13.8 Å². The second-order valence-corrected chi connectivity index (χ2v) is 4.79. The van der Waals surface area contributed by atoms with E-state index in [0.29, 0.717) is 10.6 Å². The summed E-state index contributed by atoms with van der Waals surface area (Å²) in [6.07, 6.45) is 0.233. The molecule has 1 heterocycles. The summed E-state index contributed by atoms with van der Waals surface area (Å²) in [7, 11) is 1.32. The van der Waals surface area contributed by atoms with E-state index >= 15 is 0 Å². The van der Waals surface area contributed by atoms with E-state index in [1.54, 1.807) is 0 Å². The molecule has 94 valence electrons. The Bertz CT molecular complexity index is 440. The van der Waals surface area contributed by atoms with Gasteiger partial charge >= 0.3 is 5.97 Å². The minimum absolute atomic E-state index is 0.195. The standard InChI is InChI=1S/C11H16N2O3S/c1-6-7(2)17-10(9(6)11(15)16-3)13-8(14)4-5-12/h4-5,12H2,1-3H3,(H,13,14). The number of thiophene rings is 1. The normalized spacial score (nSPS) is 10.1. The largest absolute Gasteiger partial charge is 0.465 e. The maximum atomic E-state index is 11.6. The zero-order valence-corrected chi connectivity index (χ0v) is 10.9. The third kappa shape index (κ3) is 3.04. The molecule has 1 amide bonds. The van der Waals surface area contributed by atoms with Crippen molar-refractivity contribution in [3.05, 3.63) is 16.0 Å². The number of nitrogens with two attached hydrogens (primary N) is 1. The first kappa shape index (κ1) is 13.7. The van der Waals surface area contributed by atoms with Crippen molar-refractivity contribution >= 4 is 28.2 Å². The maximum Gasteiger partial charge on any atom is 0.341 e. The number of aryl methyl sites for hydroxylation is 1. The van der Waals surface area contributed by atoms with Crippen LogP contribution < -0.4 is 11.1 Å². The molecule has 0 bridgehead atoms. The summed E-state index contributed by atoms with van der Waals surface area (Å²) in [5.74, 6) is -0.631. The highest BCUT2D eigenvalue weighted by atomic mass is 32.1. The molecule has 0 atom stereocenters. The predicted molar refractivity (Wildman–Crippen MR) is 67.4 cm³/mol. The summed E-state index contributed by atoms with van der Waals surface area (Å²) in [4.78, 5) is 24.1. The number of amides is 1. The van der Waals surface area contributed by atoms with Crippen molar-refractivity contribution in [2.24, 2.45) is 5.73 Å². The molecular weight excluding hydrogens is 240 g/mol. The number of carbonyl (C=O) groups is 2. The molecular formula is C11H16N2O3S. The summed E-state index contributed by atoms with van der Waals surface area (Å²) >= 11 is 1.37. The van der Waals surface area contributed by atoms with Gasteiger partial charge in [-0.1, -0.05) is 0 Å². The van der Waals surface area contributed by atoms with Gasteiger partial charge in [0.1, 0.15) is 5.00 Å². The van der Waals surface area contributed by atoms with Crippen LogP contribution >= 0.6 is 11.3 Å². The van der Waals surface area contributed by atoms with Crippen LogP contribution in [0.1, 0.15) is 27.2 Å². The third-order valence-corrected chi connectivity index (χ3v) is 3.52. The quantitative estimate of drug-likeness (QED) is 0.799. The van der Waals surface area contributed by atoms with E-state index in [4.69, 9.17) is 10.5 Å². The number of carbonyl (C=O) groups excluding carboxylic acids is 2. The van der Waals surface area contributed by atoms with E-state index in [9.17, 15) is 9.59 Å². The molecule has 0 radical (unpaired) electrons. The number of anilines is 1. The van der Waals surface area contributed by atoms with Crippen molar-refractivity contribution in [2.45, 2.75) is 20.3 Å². The van der Waals surface area contributed by atoms with E-state index in [1.165, 1.54) is 18.4 Å². The second kappa shape index (κ2) is 5.79. The first-order chi connectivity index (χ1) is 8.01. The molecule has 1 aromatic rings. The van der Waals surface area contributed by atoms with Gasteiger partial charge in [0.25, 0.3) is 0 Å². The molecule has 1 aromatic heterocycles. The van der Waals surface area contributed by atoms with Gasteiger partial charge in [-0.25, -0.2) is 4.79 Å². The van der Waals surface area contributed by atoms with Gasteiger partial charge in [0, 0.05) is 17.8 Å². The van der Waals surface area contributed by atoms with Crippen molar-refractivity contribution in [1.82, 2.24) is 0 Å². The minimum Gasteiger partial charge on any atom is -0.465 e. The molecule has 0 saturated heterocycles. The van der Waals surface area contributed by atoms with Crippen LogP contribution in [0, 0.1) is 13.8 Å². The Kier molecular flexibility index (Phi) is 4.65. The third-order valence-electron chi connectivity index (χ3n) is 2.40. The molecule has 0 saturated carbocycles. The lowest BCUT2D eigenvalue weighted by molar-refractivity contribution is -0.116. The first-order valence-corrected chi connectivity index (χ1v) is 6.01. The predicted octanol–water partition coefficient (Wildman–Crippen LogP) is 1.44. The van der Waals surface area contributed by atoms with Gasteiger partial charge in [-0.2, -0.15) is 0 Å². The van der Waals surface area contributed by atoms with Crippen LogP contribution in [-0.2, 0) is 9.53 Å². The monoisotopic (exact) mass is 256 g/mol. The average Bonchev–Trinajstić information content (AvgIpc) is 2.54. The Morgan fingerprint density at radius 2 is 2.06 bits per heavy atom. The van der Waals surface area contributed by atoms with Gasteiger partial charge in [0.2, 0.25) is 5.91 Å². The number of ether oxygens (including phenoxy) is 1. The van der Waals surface area contributed by atoms with E-state index in [0.717, 1.165) is 10.4 Å². The van der Waals surface area contributed by atoms with Gasteiger partial charge in [0.15, 0.2) is 0 Å². The lowest BCUT2D eigenvalue weighted by Gasteiger charge is -2.05. The fourth-order valence-electron chi connectivity index (χ4n) is 1.38. The van der Waals surface area contributed by atoms with Crippen molar-refractivity contribution in [1.29, 1.82) is 0 Å². The van der Waals surface area contributed by atoms with Crippen LogP contribution in [0.15, 0.2) is 0 Å². The number of hydrogen-bond acceptors (Lipinski definition) is 5. The van der Waals surface area contributed by atoms with Crippen LogP contribution in [0.3, 0.4) is 0 Å². The second-order valence-electron chi connectivity index (χ2n) is 3.57. The Morgan fingerprint density at radius 3 is 2.59 bits per heavy atom. The zero-order valence-electron chi connectivity index (χ0n) is 10.1. The molecule has 0 aliphatic carbocycles. The van der Waals surface area contributed by atoms with E-state index in [2.05, 4.69) is 5.32 Å². The Balaban J connectivity index is 3.03. The van der Waals surface area contributed by atoms with Crippen LogP contribution in [-0.4, -0.2) is 25.5 Å². The van der Waals surface area contributed by atoms with Crippen LogP contribution in [0.2, 0.25) is 0 Å². The number of methoxy groups -OCH3 is 1. The summed E-state index contributed by atoms with van der Waals surface area (Å²) in [6, 6.07) is 0. The molecule has 3 N–H and O–H groups in total. The van der Waals surface area contributed by atoms with Gasteiger partial charge in [-0.05, 0) is 19.4 Å². The smallest absolute Gasteiger partial charge is 0.341 e. The van der Waals surface area contributed by atoms with Gasteiger partial charge in [-0.3, -0.25) is 4.79 Å². The summed E-state index contributed by atoms with van der Waals surface area (Å²) in [6.45, 7) is 4.00. The molecule has 0 aromatic carbocycles. The highest BCUT2D eigenvalue weighted by Gasteiger charge is 2.21. The molecule has 0 aliphatic heterocycles. The minimum atomic E-state index is -0.435. The highest BCUT2D eigenvalue weighted by molar-refractivity contribution is 7.16. The molecule has 6 heteroatoms. The van der Waals surface area contributed by atoms with Crippen molar-refractivity contribution < 1.29 is 14.3 Å². The average molecular weight is 256 g/mol. The van der Waals surface area contributed by atoms with Gasteiger partial charge < -0.3 is 15.8 Å². The first-order valence-electron chi connectivity index (χ1n) is 5.19. The number of nitrogens with one attached hydrogen (secondary N) is 1. The van der Waals surface area contributed by atoms with Crippen molar-refractivity contribution in [3.8, 4) is 0 Å². The lowest BCUT2D eigenvalue weighted by atomic mass is 10.1. The molecule has 5 nitrogen and oxygen atoms in total. The Hall–Kier alpha value is -1.40. The zero-order chi connectivity index (χ0) is 13.0. The Labute approximate surface area is 104 Å². The highest BCUT2D eigenvalue weighted by Crippen LogP contribution is 2.32. The molecule has 17 heavy (non-hydrogen) atoms. The SMILES string of the molecule is COC(=O)c1c(NC(=O)CCN)sc(C)c1C. The molecule has 0 spiro atoms. The van der Waals surface area contributed by atoms with E-state index < -0.39 is 5.97 Å². The summed E-state index contributed by atoms with van der Waals surface area (Å²) < 4.78 is 4.70. The summed E-state index contributed by atoms with van der Waals surface area (Å²) in [5, 5.41) is 3.22. The van der Waals surface area contributed by atoms with Crippen LogP contribution in [0.5, 0.6) is 0 Å². The summed E-state index contributed by atoms with van der Waals surface area (Å²) in [5.41, 5.74) is 6.56. The van der Waals surface area contributed by atoms with E-state index in [-0.39, 0.29) is 18.9 Å². The number of hydrogen-bond donors (Lipinski definition) is 2. The van der Waals surface area contributed by atoms with Gasteiger partial charge in [-0.15, -0.1) is 11.3 Å². The molecule has 0 unspecified atom stereocenters. The van der Waals surface area contributed by atoms with Crippen molar-refractivity contribution in [3.63, 3.8) is 0 Å². The lowest BCUT2D eigenvalue weighted by Crippen LogP contribution is -2.17. The number of esters is 1. The Morgan fingerprint density at radius 1 is 1.41 bits per heavy atom. The fraction of sp³-hybridized carbons (Fsp3) is 0.455. The topological polar surface area (TPSA) is 81.4 Å². The van der Waals surface area contributed by atoms with Crippen molar-refractivity contribution in [2.75, 3.05) is 19.0 Å². The number of rotatable bonds is 4. The molecule has 0 fully saturated rings. The van der Waals surface area contributed by atoms with Crippen LogP contribution in [0.4, 0.5) is 5.00 Å².